The molecule has 0 aliphatic carbocycles. The second kappa shape index (κ2) is 9.21. The summed E-state index contributed by atoms with van der Waals surface area (Å²) in [6, 6.07) is 1.83. The Balaban J connectivity index is 3.44. The van der Waals surface area contributed by atoms with Crippen LogP contribution in [0.25, 0.3) is 0 Å². The summed E-state index contributed by atoms with van der Waals surface area (Å²) in [5.41, 5.74) is -0.316. The quantitative estimate of drug-likeness (QED) is 0.593. The standard InChI is InChI=1S/C18H26F4N2O3S/c1-6-23(7-2)28(26,27)16-10-14(8-9-15(16)19)17(25)24(11-18(20,21)22)13(5)12(3)4/h8-10,12-13H,6-7,11H2,1-5H3. The third-order valence-corrected chi connectivity index (χ3v) is 6.63. The van der Waals surface area contributed by atoms with E-state index in [0.717, 1.165) is 22.5 Å². The number of benzene rings is 1. The molecule has 0 spiro atoms. The van der Waals surface area contributed by atoms with E-state index in [1.165, 1.54) is 6.92 Å². The van der Waals surface area contributed by atoms with Gasteiger partial charge < -0.3 is 4.90 Å². The average molecular weight is 426 g/mol. The molecule has 0 aliphatic rings. The number of carbonyl (C=O) groups is 1. The van der Waals surface area contributed by atoms with Crippen molar-refractivity contribution >= 4 is 15.9 Å². The zero-order valence-electron chi connectivity index (χ0n) is 16.5. The highest BCUT2D eigenvalue weighted by Gasteiger charge is 2.37. The minimum absolute atomic E-state index is 0.0844. The van der Waals surface area contributed by atoms with Gasteiger partial charge >= 0.3 is 6.18 Å². The van der Waals surface area contributed by atoms with Gasteiger partial charge in [0, 0.05) is 24.7 Å². The van der Waals surface area contributed by atoms with Crippen molar-refractivity contribution in [1.82, 2.24) is 9.21 Å². The van der Waals surface area contributed by atoms with E-state index in [9.17, 15) is 30.8 Å². The summed E-state index contributed by atoms with van der Waals surface area (Å²) in [7, 11) is -4.22. The van der Waals surface area contributed by atoms with Gasteiger partial charge in [0.05, 0.1) is 0 Å². The maximum atomic E-state index is 14.2. The van der Waals surface area contributed by atoms with Crippen LogP contribution in [0, 0.1) is 11.7 Å². The smallest absolute Gasteiger partial charge is 0.327 e. The van der Waals surface area contributed by atoms with Crippen LogP contribution >= 0.6 is 0 Å². The highest BCUT2D eigenvalue weighted by molar-refractivity contribution is 7.89. The number of nitrogens with zero attached hydrogens (tertiary/aromatic N) is 2. The van der Waals surface area contributed by atoms with Crippen molar-refractivity contribution in [1.29, 1.82) is 0 Å². The van der Waals surface area contributed by atoms with Crippen molar-refractivity contribution in [3.8, 4) is 0 Å². The molecule has 1 aromatic carbocycles. The SMILES string of the molecule is CCN(CC)S(=O)(=O)c1cc(C(=O)N(CC(F)(F)F)C(C)C(C)C)ccc1F. The molecule has 1 atom stereocenters. The lowest BCUT2D eigenvalue weighted by atomic mass is 10.0. The fraction of sp³-hybridized carbons (Fsp3) is 0.611. The molecule has 5 nitrogen and oxygen atoms in total. The summed E-state index contributed by atoms with van der Waals surface area (Å²) in [4.78, 5) is 12.7. The first-order valence-electron chi connectivity index (χ1n) is 8.93. The van der Waals surface area contributed by atoms with Gasteiger partial charge in [-0.15, -0.1) is 0 Å². The van der Waals surface area contributed by atoms with E-state index < -0.39 is 45.4 Å². The lowest BCUT2D eigenvalue weighted by Gasteiger charge is -2.32. The normalized spacial score (nSPS) is 13.8. The third-order valence-electron chi connectivity index (χ3n) is 4.57. The van der Waals surface area contributed by atoms with E-state index in [4.69, 9.17) is 0 Å². The topological polar surface area (TPSA) is 57.7 Å². The van der Waals surface area contributed by atoms with Gasteiger partial charge in [0.2, 0.25) is 10.0 Å². The molecule has 1 unspecified atom stereocenters. The first-order chi connectivity index (χ1) is 12.8. The molecule has 160 valence electrons. The van der Waals surface area contributed by atoms with Crippen molar-refractivity contribution in [2.24, 2.45) is 5.92 Å². The Bertz CT molecular complexity index is 791. The van der Waals surface area contributed by atoms with Crippen LogP contribution in [0.2, 0.25) is 0 Å². The van der Waals surface area contributed by atoms with Gasteiger partial charge in [0.25, 0.3) is 5.91 Å². The Morgan fingerprint density at radius 3 is 2.07 bits per heavy atom. The fourth-order valence-corrected chi connectivity index (χ4v) is 4.20. The van der Waals surface area contributed by atoms with Crippen LogP contribution in [0.3, 0.4) is 0 Å². The highest BCUT2D eigenvalue weighted by atomic mass is 32.2. The molecule has 0 fully saturated rings. The van der Waals surface area contributed by atoms with Gasteiger partial charge in [-0.25, -0.2) is 12.8 Å². The Hall–Kier alpha value is -1.68. The monoisotopic (exact) mass is 426 g/mol. The zero-order chi connectivity index (χ0) is 21.9. The maximum absolute atomic E-state index is 14.2. The maximum Gasteiger partial charge on any atom is 0.406 e. The summed E-state index contributed by atoms with van der Waals surface area (Å²) >= 11 is 0. The third kappa shape index (κ3) is 5.66. The Morgan fingerprint density at radius 2 is 1.64 bits per heavy atom. The van der Waals surface area contributed by atoms with Crippen LogP contribution < -0.4 is 0 Å². The predicted molar refractivity (Wildman–Crippen MR) is 97.9 cm³/mol. The molecule has 1 rings (SSSR count). The van der Waals surface area contributed by atoms with Crippen molar-refractivity contribution in [2.45, 2.75) is 51.7 Å². The molecule has 0 aromatic heterocycles. The Kier molecular flexibility index (Phi) is 8.01. The highest BCUT2D eigenvalue weighted by Crippen LogP contribution is 2.25. The van der Waals surface area contributed by atoms with Gasteiger partial charge in [-0.05, 0) is 31.0 Å². The van der Waals surface area contributed by atoms with Crippen molar-refractivity contribution in [3.05, 3.63) is 29.6 Å². The average Bonchev–Trinajstić information content (AvgIpc) is 2.58. The van der Waals surface area contributed by atoms with Crippen molar-refractivity contribution in [3.63, 3.8) is 0 Å². The lowest BCUT2D eigenvalue weighted by molar-refractivity contribution is -0.145. The van der Waals surface area contributed by atoms with Crippen LogP contribution in [0.15, 0.2) is 23.1 Å². The zero-order valence-corrected chi connectivity index (χ0v) is 17.4. The van der Waals surface area contributed by atoms with Gasteiger partial charge in [0.15, 0.2) is 0 Å². The molecule has 0 saturated carbocycles. The van der Waals surface area contributed by atoms with E-state index in [0.29, 0.717) is 4.90 Å². The van der Waals surface area contributed by atoms with E-state index in [2.05, 4.69) is 0 Å². The van der Waals surface area contributed by atoms with Crippen molar-refractivity contribution < 1.29 is 30.8 Å². The van der Waals surface area contributed by atoms with Crippen molar-refractivity contribution in [2.75, 3.05) is 19.6 Å². The van der Waals surface area contributed by atoms with E-state index in [1.807, 2.05) is 0 Å². The summed E-state index contributed by atoms with van der Waals surface area (Å²) in [6.45, 7) is 6.64. The molecule has 1 amide bonds. The number of halogens is 4. The summed E-state index contributed by atoms with van der Waals surface area (Å²) in [6.07, 6.45) is -4.63. The van der Waals surface area contributed by atoms with Gasteiger partial charge in [-0.3, -0.25) is 4.79 Å². The lowest BCUT2D eigenvalue weighted by Crippen LogP contribution is -2.46. The second-order valence-electron chi connectivity index (χ2n) is 6.77. The first-order valence-corrected chi connectivity index (χ1v) is 10.4. The number of amides is 1. The van der Waals surface area contributed by atoms with Crippen LogP contribution in [-0.4, -0.2) is 55.4 Å². The van der Waals surface area contributed by atoms with Crippen LogP contribution in [0.1, 0.15) is 45.0 Å². The minimum atomic E-state index is -4.63. The largest absolute Gasteiger partial charge is 0.406 e. The number of hydrogen-bond donors (Lipinski definition) is 0. The number of hydrogen-bond acceptors (Lipinski definition) is 3. The predicted octanol–water partition coefficient (Wildman–Crippen LogP) is 3.91. The summed E-state index contributed by atoms with van der Waals surface area (Å²) in [5, 5.41) is 0. The van der Waals surface area contributed by atoms with E-state index in [1.54, 1.807) is 27.7 Å². The number of alkyl halides is 3. The fourth-order valence-electron chi connectivity index (χ4n) is 2.66. The molecule has 28 heavy (non-hydrogen) atoms. The molecule has 0 saturated heterocycles. The molecular weight excluding hydrogens is 400 g/mol. The van der Waals surface area contributed by atoms with Crippen LogP contribution in [0.5, 0.6) is 0 Å². The molecule has 0 radical (unpaired) electrons. The Morgan fingerprint density at radius 1 is 1.11 bits per heavy atom. The molecule has 0 aliphatic heterocycles. The number of sulfonamides is 1. The van der Waals surface area contributed by atoms with Gasteiger partial charge in [0.1, 0.15) is 17.3 Å². The first kappa shape index (κ1) is 24.4. The molecule has 10 heteroatoms. The Labute approximate surface area is 163 Å². The van der Waals surface area contributed by atoms with Gasteiger partial charge in [-0.2, -0.15) is 17.5 Å². The molecule has 1 aromatic rings. The minimum Gasteiger partial charge on any atom is -0.327 e. The summed E-state index contributed by atoms with van der Waals surface area (Å²) < 4.78 is 79.4. The molecule has 0 heterocycles. The summed E-state index contributed by atoms with van der Waals surface area (Å²) in [5.74, 6) is -2.34. The van der Waals surface area contributed by atoms with Crippen LogP contribution in [-0.2, 0) is 10.0 Å². The van der Waals surface area contributed by atoms with Gasteiger partial charge in [-0.1, -0.05) is 27.7 Å². The van der Waals surface area contributed by atoms with E-state index in [-0.39, 0.29) is 24.6 Å². The number of rotatable bonds is 8. The molecule has 0 N–H and O–H groups in total. The van der Waals surface area contributed by atoms with Crippen LogP contribution in [0.4, 0.5) is 17.6 Å². The number of carbonyl (C=O) groups excluding carboxylic acids is 1. The van der Waals surface area contributed by atoms with E-state index >= 15 is 0 Å². The second-order valence-corrected chi connectivity index (χ2v) is 8.67. The molecule has 0 bridgehead atoms. The molecular formula is C18H26F4N2O3S.